The molecule has 0 aliphatic heterocycles. The molecule has 0 aromatic heterocycles. The quantitative estimate of drug-likeness (QED) is 0.759. The van der Waals surface area contributed by atoms with E-state index in [-0.39, 0.29) is 0 Å². The summed E-state index contributed by atoms with van der Waals surface area (Å²) in [5.74, 6) is 0.448. The Morgan fingerprint density at radius 2 is 1.48 bits per heavy atom. The highest BCUT2D eigenvalue weighted by Gasteiger charge is 2.15. The van der Waals surface area contributed by atoms with E-state index in [0.717, 1.165) is 36.8 Å². The predicted octanol–water partition coefficient (Wildman–Crippen LogP) is 5.58. The summed E-state index contributed by atoms with van der Waals surface area (Å²) in [5.41, 5.74) is 7.04. The Bertz CT molecular complexity index is 626. The van der Waals surface area contributed by atoms with Gasteiger partial charge in [0.2, 0.25) is 0 Å². The van der Waals surface area contributed by atoms with Crippen molar-refractivity contribution in [3.05, 3.63) is 52.6 Å². The third-order valence-corrected chi connectivity index (χ3v) is 4.04. The minimum absolute atomic E-state index is 0.448. The molecular formula is C20H26O. The van der Waals surface area contributed by atoms with Gasteiger partial charge in [-0.25, -0.2) is 0 Å². The molecule has 112 valence electrons. The molecule has 21 heavy (non-hydrogen) atoms. The molecule has 0 saturated carbocycles. The normalized spacial score (nSPS) is 10.9. The van der Waals surface area contributed by atoms with Gasteiger partial charge in [-0.15, -0.1) is 0 Å². The van der Waals surface area contributed by atoms with E-state index in [0.29, 0.717) is 5.75 Å². The van der Waals surface area contributed by atoms with Crippen LogP contribution >= 0.6 is 0 Å². The molecule has 2 aromatic carbocycles. The Morgan fingerprint density at radius 1 is 0.857 bits per heavy atom. The smallest absolute Gasteiger partial charge is 0.126 e. The molecule has 1 heteroatoms. The molecule has 0 heterocycles. The third-order valence-electron chi connectivity index (χ3n) is 4.04. The molecule has 2 rings (SSSR count). The molecule has 0 amide bonds. The lowest BCUT2D eigenvalue weighted by Gasteiger charge is -2.17. The van der Waals surface area contributed by atoms with Crippen LogP contribution in [0, 0.1) is 13.8 Å². The lowest BCUT2D eigenvalue weighted by atomic mass is 9.89. The first-order chi connectivity index (χ1) is 10.1. The first-order valence-electron chi connectivity index (χ1n) is 7.99. The maximum Gasteiger partial charge on any atom is 0.126 e. The van der Waals surface area contributed by atoms with Crippen molar-refractivity contribution >= 4 is 0 Å². The van der Waals surface area contributed by atoms with Gasteiger partial charge in [-0.3, -0.25) is 0 Å². The van der Waals surface area contributed by atoms with Crippen LogP contribution in [0.4, 0.5) is 0 Å². The van der Waals surface area contributed by atoms with Gasteiger partial charge in [-0.2, -0.15) is 0 Å². The zero-order valence-electron chi connectivity index (χ0n) is 13.7. The number of hydrogen-bond acceptors (Lipinski definition) is 1. The molecule has 1 N–H and O–H groups in total. The lowest BCUT2D eigenvalue weighted by Crippen LogP contribution is -1.97. The van der Waals surface area contributed by atoms with Crippen LogP contribution < -0.4 is 0 Å². The molecule has 2 aromatic rings. The predicted molar refractivity (Wildman–Crippen MR) is 91.0 cm³/mol. The minimum Gasteiger partial charge on any atom is -0.507 e. The first kappa shape index (κ1) is 15.6. The number of rotatable bonds is 5. The molecule has 0 aliphatic carbocycles. The van der Waals surface area contributed by atoms with Crippen molar-refractivity contribution < 1.29 is 5.11 Å². The van der Waals surface area contributed by atoms with E-state index < -0.39 is 0 Å². The van der Waals surface area contributed by atoms with Crippen LogP contribution in [0.5, 0.6) is 5.75 Å². The molecular weight excluding hydrogens is 256 g/mol. The van der Waals surface area contributed by atoms with Gasteiger partial charge >= 0.3 is 0 Å². The van der Waals surface area contributed by atoms with Crippen molar-refractivity contribution in [1.29, 1.82) is 0 Å². The Balaban J connectivity index is 2.70. The molecule has 0 aliphatic rings. The monoisotopic (exact) mass is 282 g/mol. The van der Waals surface area contributed by atoms with Gasteiger partial charge in [0.15, 0.2) is 0 Å². The van der Waals surface area contributed by atoms with Crippen molar-refractivity contribution in [2.45, 2.75) is 53.4 Å². The van der Waals surface area contributed by atoms with Crippen LogP contribution in [0.2, 0.25) is 0 Å². The van der Waals surface area contributed by atoms with Crippen LogP contribution in [0.25, 0.3) is 11.1 Å². The molecule has 1 nitrogen and oxygen atoms in total. The Kier molecular flexibility index (Phi) is 5.06. The van der Waals surface area contributed by atoms with Gasteiger partial charge in [-0.05, 0) is 48.9 Å². The van der Waals surface area contributed by atoms with Gasteiger partial charge in [-0.1, -0.05) is 62.6 Å². The highest BCUT2D eigenvalue weighted by Crippen LogP contribution is 2.38. The van der Waals surface area contributed by atoms with E-state index in [9.17, 15) is 5.11 Å². The van der Waals surface area contributed by atoms with Crippen molar-refractivity contribution in [3.63, 3.8) is 0 Å². The van der Waals surface area contributed by atoms with E-state index in [4.69, 9.17) is 0 Å². The first-order valence-corrected chi connectivity index (χ1v) is 7.99. The van der Waals surface area contributed by atoms with Crippen LogP contribution in [-0.2, 0) is 12.8 Å². The number of phenols is 1. The van der Waals surface area contributed by atoms with Gasteiger partial charge in [0.25, 0.3) is 0 Å². The van der Waals surface area contributed by atoms with E-state index in [1.807, 2.05) is 13.0 Å². The van der Waals surface area contributed by atoms with Gasteiger partial charge in [0.1, 0.15) is 5.75 Å². The summed E-state index contributed by atoms with van der Waals surface area (Å²) < 4.78 is 0. The maximum atomic E-state index is 10.6. The highest BCUT2D eigenvalue weighted by molar-refractivity contribution is 5.78. The van der Waals surface area contributed by atoms with Crippen LogP contribution in [-0.4, -0.2) is 5.11 Å². The number of hydrogen-bond donors (Lipinski definition) is 1. The zero-order valence-corrected chi connectivity index (χ0v) is 13.7. The summed E-state index contributed by atoms with van der Waals surface area (Å²) in [6, 6.07) is 10.8. The number of aryl methyl sites for hydroxylation is 4. The van der Waals surface area contributed by atoms with E-state index in [1.165, 1.54) is 22.3 Å². The molecule has 0 bridgehead atoms. The van der Waals surface area contributed by atoms with Gasteiger partial charge in [0.05, 0.1) is 0 Å². The van der Waals surface area contributed by atoms with Crippen molar-refractivity contribution in [3.8, 4) is 16.9 Å². The summed E-state index contributed by atoms with van der Waals surface area (Å²) in [5, 5.41) is 10.6. The lowest BCUT2D eigenvalue weighted by molar-refractivity contribution is 0.472. The molecule has 0 atom stereocenters. The Hall–Kier alpha value is -1.76. The fraction of sp³-hybridized carbons (Fsp3) is 0.400. The van der Waals surface area contributed by atoms with Crippen molar-refractivity contribution in [1.82, 2.24) is 0 Å². The second-order valence-electron chi connectivity index (χ2n) is 5.93. The summed E-state index contributed by atoms with van der Waals surface area (Å²) in [6.07, 6.45) is 4.26. The standard InChI is InChI=1S/C20H26O/c1-5-7-16-11-9-14(3)13-18(16)19-17(8-6-2)12-10-15(4)20(19)21/h9-13,21H,5-8H2,1-4H3. The van der Waals surface area contributed by atoms with E-state index in [1.54, 1.807) is 0 Å². The average molecular weight is 282 g/mol. The third kappa shape index (κ3) is 3.29. The van der Waals surface area contributed by atoms with Gasteiger partial charge in [0, 0.05) is 5.56 Å². The fourth-order valence-corrected chi connectivity index (χ4v) is 2.93. The summed E-state index contributed by atoms with van der Waals surface area (Å²) >= 11 is 0. The minimum atomic E-state index is 0.448. The average Bonchev–Trinajstić information content (AvgIpc) is 2.46. The van der Waals surface area contributed by atoms with E-state index >= 15 is 0 Å². The molecule has 0 unspecified atom stereocenters. The molecule has 0 spiro atoms. The van der Waals surface area contributed by atoms with E-state index in [2.05, 4.69) is 45.0 Å². The second-order valence-corrected chi connectivity index (χ2v) is 5.93. The second kappa shape index (κ2) is 6.80. The van der Waals surface area contributed by atoms with Crippen LogP contribution in [0.15, 0.2) is 30.3 Å². The molecule has 0 fully saturated rings. The van der Waals surface area contributed by atoms with Crippen molar-refractivity contribution in [2.75, 3.05) is 0 Å². The zero-order chi connectivity index (χ0) is 15.4. The summed E-state index contributed by atoms with van der Waals surface area (Å²) in [7, 11) is 0. The topological polar surface area (TPSA) is 20.2 Å². The molecule has 0 radical (unpaired) electrons. The number of benzene rings is 2. The number of aromatic hydroxyl groups is 1. The Labute approximate surface area is 128 Å². The fourth-order valence-electron chi connectivity index (χ4n) is 2.93. The Morgan fingerprint density at radius 3 is 2.14 bits per heavy atom. The van der Waals surface area contributed by atoms with Gasteiger partial charge < -0.3 is 5.11 Å². The summed E-state index contributed by atoms with van der Waals surface area (Å²) in [6.45, 7) is 8.48. The largest absolute Gasteiger partial charge is 0.507 e. The maximum absolute atomic E-state index is 10.6. The van der Waals surface area contributed by atoms with Crippen molar-refractivity contribution in [2.24, 2.45) is 0 Å². The SMILES string of the molecule is CCCc1ccc(C)cc1-c1c(CCC)ccc(C)c1O. The van der Waals surface area contributed by atoms with Crippen LogP contribution in [0.3, 0.4) is 0 Å². The van der Waals surface area contributed by atoms with Crippen LogP contribution in [0.1, 0.15) is 48.9 Å². The highest BCUT2D eigenvalue weighted by atomic mass is 16.3. The summed E-state index contributed by atoms with van der Waals surface area (Å²) in [4.78, 5) is 0. The molecule has 0 saturated heterocycles. The number of phenolic OH excluding ortho intramolecular Hbond substituents is 1.